The first-order chi connectivity index (χ1) is 10.9. The summed E-state index contributed by atoms with van der Waals surface area (Å²) in [5, 5.41) is 13.8. The van der Waals surface area contributed by atoms with E-state index in [4.69, 9.17) is 4.42 Å². The second-order valence-electron chi connectivity index (χ2n) is 5.34. The van der Waals surface area contributed by atoms with Crippen LogP contribution in [0, 0.1) is 10.1 Å². The number of carbonyl (C=O) groups is 1. The number of carbonyl (C=O) groups excluding carboxylic acids is 1. The van der Waals surface area contributed by atoms with E-state index in [1.165, 1.54) is 24.3 Å². The Kier molecular flexibility index (Phi) is 5.07. The van der Waals surface area contributed by atoms with E-state index in [0.29, 0.717) is 11.9 Å². The third kappa shape index (κ3) is 4.13. The fourth-order valence-corrected chi connectivity index (χ4v) is 2.08. The van der Waals surface area contributed by atoms with Gasteiger partial charge in [-0.3, -0.25) is 14.9 Å². The molecule has 8 nitrogen and oxygen atoms in total. The van der Waals surface area contributed by atoms with Crippen LogP contribution in [0.25, 0.3) is 11.0 Å². The van der Waals surface area contributed by atoms with Crippen LogP contribution in [0.15, 0.2) is 33.5 Å². The number of fused-ring (bicyclic) bond motifs is 1. The highest BCUT2D eigenvalue weighted by molar-refractivity contribution is 5.96. The predicted molar refractivity (Wildman–Crippen MR) is 84.6 cm³/mol. The lowest BCUT2D eigenvalue weighted by Gasteiger charge is -2.09. The third-order valence-electron chi connectivity index (χ3n) is 3.24. The van der Waals surface area contributed by atoms with Crippen LogP contribution in [-0.4, -0.2) is 42.9 Å². The summed E-state index contributed by atoms with van der Waals surface area (Å²) in [6.07, 6.45) is 0.739. The number of rotatable bonds is 6. The summed E-state index contributed by atoms with van der Waals surface area (Å²) in [6, 6.07) is 5.16. The highest BCUT2D eigenvalue weighted by Crippen LogP contribution is 2.20. The highest BCUT2D eigenvalue weighted by atomic mass is 16.6. The summed E-state index contributed by atoms with van der Waals surface area (Å²) < 4.78 is 5.05. The van der Waals surface area contributed by atoms with Crippen LogP contribution in [0.3, 0.4) is 0 Å². The molecule has 0 atom stereocenters. The predicted octanol–water partition coefficient (Wildman–Crippen LogP) is 1.38. The van der Waals surface area contributed by atoms with E-state index in [9.17, 15) is 19.7 Å². The van der Waals surface area contributed by atoms with Gasteiger partial charge in [-0.25, -0.2) is 4.79 Å². The number of nitro benzene ring substituents is 1. The lowest BCUT2D eigenvalue weighted by atomic mass is 10.1. The number of nitrogens with zero attached hydrogens (tertiary/aromatic N) is 2. The van der Waals surface area contributed by atoms with Crippen LogP contribution < -0.4 is 10.9 Å². The van der Waals surface area contributed by atoms with Crippen molar-refractivity contribution in [3.8, 4) is 0 Å². The van der Waals surface area contributed by atoms with Crippen molar-refractivity contribution in [1.82, 2.24) is 10.2 Å². The van der Waals surface area contributed by atoms with Gasteiger partial charge >= 0.3 is 5.63 Å². The van der Waals surface area contributed by atoms with Gasteiger partial charge in [0.25, 0.3) is 11.6 Å². The molecular weight excluding hydrogens is 302 g/mol. The first-order valence-electron chi connectivity index (χ1n) is 7.03. The van der Waals surface area contributed by atoms with Gasteiger partial charge in [-0.15, -0.1) is 0 Å². The number of nitrogens with one attached hydrogen (secondary N) is 1. The number of nitro groups is 1. The van der Waals surface area contributed by atoms with Crippen molar-refractivity contribution in [3.63, 3.8) is 0 Å². The maximum absolute atomic E-state index is 12.1. The first-order valence-corrected chi connectivity index (χ1v) is 7.03. The second kappa shape index (κ2) is 7.01. The molecule has 0 saturated carbocycles. The highest BCUT2D eigenvalue weighted by Gasteiger charge is 2.15. The molecule has 0 saturated heterocycles. The van der Waals surface area contributed by atoms with Crippen molar-refractivity contribution < 1.29 is 14.1 Å². The third-order valence-corrected chi connectivity index (χ3v) is 3.24. The Bertz CT molecular complexity index is 797. The minimum atomic E-state index is -0.767. The molecule has 122 valence electrons. The molecule has 1 aromatic heterocycles. The van der Waals surface area contributed by atoms with Gasteiger partial charge in [-0.2, -0.15) is 0 Å². The quantitative estimate of drug-likeness (QED) is 0.373. The lowest BCUT2D eigenvalue weighted by molar-refractivity contribution is -0.384. The zero-order valence-electron chi connectivity index (χ0n) is 12.9. The normalized spacial score (nSPS) is 10.9. The molecule has 0 unspecified atom stereocenters. The van der Waals surface area contributed by atoms with Crippen LogP contribution in [-0.2, 0) is 0 Å². The molecule has 1 N–H and O–H groups in total. The summed E-state index contributed by atoms with van der Waals surface area (Å²) >= 11 is 0. The Labute approximate surface area is 131 Å². The zero-order chi connectivity index (χ0) is 17.0. The van der Waals surface area contributed by atoms with Gasteiger partial charge in [0.2, 0.25) is 0 Å². The van der Waals surface area contributed by atoms with Crippen LogP contribution in [0.4, 0.5) is 5.69 Å². The van der Waals surface area contributed by atoms with E-state index in [1.807, 2.05) is 19.0 Å². The Balaban J connectivity index is 2.22. The largest absolute Gasteiger partial charge is 0.422 e. The average Bonchev–Trinajstić information content (AvgIpc) is 2.49. The Morgan fingerprint density at radius 1 is 1.35 bits per heavy atom. The minimum absolute atomic E-state index is 0.135. The molecule has 0 aliphatic heterocycles. The van der Waals surface area contributed by atoms with Crippen molar-refractivity contribution in [2.45, 2.75) is 6.42 Å². The summed E-state index contributed by atoms with van der Waals surface area (Å²) in [6.45, 7) is 1.22. The molecule has 2 aromatic rings. The van der Waals surface area contributed by atoms with E-state index >= 15 is 0 Å². The maximum Gasteiger partial charge on any atom is 0.349 e. The van der Waals surface area contributed by atoms with Crippen molar-refractivity contribution in [3.05, 3.63) is 50.4 Å². The summed E-state index contributed by atoms with van der Waals surface area (Å²) in [7, 11) is 3.85. The zero-order valence-corrected chi connectivity index (χ0v) is 12.9. The molecule has 0 fully saturated rings. The lowest BCUT2D eigenvalue weighted by Crippen LogP contribution is -2.30. The van der Waals surface area contributed by atoms with Gasteiger partial charge in [-0.05, 0) is 39.2 Å². The molecule has 0 bridgehead atoms. The van der Waals surface area contributed by atoms with E-state index in [2.05, 4.69) is 5.32 Å². The van der Waals surface area contributed by atoms with Crippen molar-refractivity contribution in [2.24, 2.45) is 0 Å². The number of hydrogen-bond acceptors (Lipinski definition) is 6. The number of hydrogen-bond donors (Lipinski definition) is 1. The van der Waals surface area contributed by atoms with Crippen LogP contribution in [0.1, 0.15) is 16.8 Å². The second-order valence-corrected chi connectivity index (χ2v) is 5.34. The number of amides is 1. The molecule has 1 amide bonds. The minimum Gasteiger partial charge on any atom is -0.422 e. The average molecular weight is 319 g/mol. The molecule has 0 radical (unpaired) electrons. The first kappa shape index (κ1) is 16.6. The van der Waals surface area contributed by atoms with Crippen molar-refractivity contribution >= 4 is 22.6 Å². The van der Waals surface area contributed by atoms with Crippen molar-refractivity contribution in [2.75, 3.05) is 27.2 Å². The van der Waals surface area contributed by atoms with E-state index in [0.717, 1.165) is 13.0 Å². The molecule has 0 aliphatic rings. The number of non-ortho nitro benzene ring substituents is 1. The van der Waals surface area contributed by atoms with Crippen LogP contribution >= 0.6 is 0 Å². The molecule has 0 spiro atoms. The fraction of sp³-hybridized carbons (Fsp3) is 0.333. The van der Waals surface area contributed by atoms with E-state index in [1.54, 1.807) is 0 Å². The topological polar surface area (TPSA) is 106 Å². The van der Waals surface area contributed by atoms with Crippen LogP contribution in [0.5, 0.6) is 0 Å². The summed E-state index contributed by atoms with van der Waals surface area (Å²) in [4.78, 5) is 36.1. The van der Waals surface area contributed by atoms with E-state index in [-0.39, 0.29) is 16.8 Å². The summed E-state index contributed by atoms with van der Waals surface area (Å²) in [5.74, 6) is -0.550. The van der Waals surface area contributed by atoms with Gasteiger partial charge < -0.3 is 14.6 Å². The SMILES string of the molecule is CN(C)CCCNC(=O)c1cc2cc([N+](=O)[O-])ccc2oc1=O. The molecule has 8 heteroatoms. The number of benzene rings is 1. The molecule has 23 heavy (non-hydrogen) atoms. The molecule has 0 aliphatic carbocycles. The van der Waals surface area contributed by atoms with Gasteiger partial charge in [0.05, 0.1) is 4.92 Å². The maximum atomic E-state index is 12.1. The fourth-order valence-electron chi connectivity index (χ4n) is 2.08. The van der Waals surface area contributed by atoms with E-state index < -0.39 is 16.5 Å². The van der Waals surface area contributed by atoms with Gasteiger partial charge in [-0.1, -0.05) is 0 Å². The molecule has 1 aromatic carbocycles. The molecule has 1 heterocycles. The monoisotopic (exact) mass is 319 g/mol. The van der Waals surface area contributed by atoms with Crippen LogP contribution in [0.2, 0.25) is 0 Å². The van der Waals surface area contributed by atoms with Gasteiger partial charge in [0, 0.05) is 24.1 Å². The Morgan fingerprint density at radius 3 is 2.74 bits per heavy atom. The van der Waals surface area contributed by atoms with Gasteiger partial charge in [0.1, 0.15) is 11.1 Å². The summed E-state index contributed by atoms with van der Waals surface area (Å²) in [5.41, 5.74) is -0.868. The Morgan fingerprint density at radius 2 is 2.09 bits per heavy atom. The Hall–Kier alpha value is -2.74. The standard InChI is InChI=1S/C15H17N3O5/c1-17(2)7-3-6-16-14(19)12-9-10-8-11(18(21)22)4-5-13(10)23-15(12)20/h4-5,8-9H,3,6-7H2,1-2H3,(H,16,19). The van der Waals surface area contributed by atoms with Crippen molar-refractivity contribution in [1.29, 1.82) is 0 Å². The molecule has 2 rings (SSSR count). The smallest absolute Gasteiger partial charge is 0.349 e. The van der Waals surface area contributed by atoms with Gasteiger partial charge in [0.15, 0.2) is 0 Å². The molecular formula is C15H17N3O5.